The Hall–Kier alpha value is -1.39. The molecule has 4 heteroatoms. The minimum Gasteiger partial charge on any atom is -0.302 e. The first-order chi connectivity index (χ1) is 9.31. The van der Waals surface area contributed by atoms with E-state index in [1.54, 1.807) is 0 Å². The standard InChI is InChI=1S/C15H22N4/c1-18(8-9-19-6-2-3-7-19)12-13-4-5-15-14(10-13)11-16-17-15/h4-5,10-11H,2-3,6-9,12H2,1H3,(H,16,17). The summed E-state index contributed by atoms with van der Waals surface area (Å²) in [6, 6.07) is 6.53. The lowest BCUT2D eigenvalue weighted by Crippen LogP contribution is -2.31. The Morgan fingerprint density at radius 3 is 3.00 bits per heavy atom. The zero-order chi connectivity index (χ0) is 13.1. The van der Waals surface area contributed by atoms with Gasteiger partial charge in [0.25, 0.3) is 0 Å². The molecule has 0 atom stereocenters. The van der Waals surface area contributed by atoms with E-state index in [0.29, 0.717) is 0 Å². The smallest absolute Gasteiger partial charge is 0.0650 e. The van der Waals surface area contributed by atoms with Crippen LogP contribution in [0.4, 0.5) is 0 Å². The molecule has 19 heavy (non-hydrogen) atoms. The molecule has 1 aromatic heterocycles. The normalized spacial score (nSPS) is 16.7. The van der Waals surface area contributed by atoms with Crippen molar-refractivity contribution < 1.29 is 0 Å². The van der Waals surface area contributed by atoms with E-state index in [-0.39, 0.29) is 0 Å². The van der Waals surface area contributed by atoms with Crippen LogP contribution in [-0.4, -0.2) is 53.2 Å². The third-order valence-corrected chi connectivity index (χ3v) is 3.95. The molecule has 2 aromatic rings. The molecule has 0 spiro atoms. The van der Waals surface area contributed by atoms with Crippen LogP contribution in [0.1, 0.15) is 18.4 Å². The molecular formula is C15H22N4. The van der Waals surface area contributed by atoms with Crippen molar-refractivity contribution in [1.82, 2.24) is 20.0 Å². The highest BCUT2D eigenvalue weighted by atomic mass is 15.2. The van der Waals surface area contributed by atoms with E-state index in [0.717, 1.165) is 18.6 Å². The number of hydrogen-bond donors (Lipinski definition) is 1. The van der Waals surface area contributed by atoms with Gasteiger partial charge in [0.05, 0.1) is 11.7 Å². The zero-order valence-corrected chi connectivity index (χ0v) is 11.6. The predicted molar refractivity (Wildman–Crippen MR) is 78.1 cm³/mol. The predicted octanol–water partition coefficient (Wildman–Crippen LogP) is 2.09. The summed E-state index contributed by atoms with van der Waals surface area (Å²) in [4.78, 5) is 4.97. The van der Waals surface area contributed by atoms with Gasteiger partial charge in [-0.3, -0.25) is 5.10 Å². The van der Waals surface area contributed by atoms with Crippen molar-refractivity contribution in [1.29, 1.82) is 0 Å². The van der Waals surface area contributed by atoms with Crippen LogP contribution >= 0.6 is 0 Å². The van der Waals surface area contributed by atoms with Crippen molar-refractivity contribution in [2.45, 2.75) is 19.4 Å². The summed E-state index contributed by atoms with van der Waals surface area (Å²) in [5.41, 5.74) is 2.47. The number of benzene rings is 1. The molecule has 2 heterocycles. The van der Waals surface area contributed by atoms with E-state index in [4.69, 9.17) is 0 Å². The highest BCUT2D eigenvalue weighted by Crippen LogP contribution is 2.14. The first kappa shape index (κ1) is 12.6. The van der Waals surface area contributed by atoms with Crippen LogP contribution < -0.4 is 0 Å². The second-order valence-electron chi connectivity index (χ2n) is 5.58. The van der Waals surface area contributed by atoms with Gasteiger partial charge in [-0.2, -0.15) is 5.10 Å². The monoisotopic (exact) mass is 258 g/mol. The Kier molecular flexibility index (Phi) is 3.80. The molecule has 4 nitrogen and oxygen atoms in total. The van der Waals surface area contributed by atoms with E-state index >= 15 is 0 Å². The quantitative estimate of drug-likeness (QED) is 0.892. The Morgan fingerprint density at radius 2 is 2.16 bits per heavy atom. The molecule has 102 valence electrons. The van der Waals surface area contributed by atoms with Gasteiger partial charge < -0.3 is 9.80 Å². The van der Waals surface area contributed by atoms with E-state index in [1.165, 1.54) is 43.4 Å². The molecule has 0 saturated carbocycles. The number of H-pyrrole nitrogens is 1. The lowest BCUT2D eigenvalue weighted by Gasteiger charge is -2.21. The number of nitrogens with zero attached hydrogens (tertiary/aromatic N) is 3. The van der Waals surface area contributed by atoms with E-state index in [9.17, 15) is 0 Å². The van der Waals surface area contributed by atoms with Crippen LogP contribution in [0.15, 0.2) is 24.4 Å². The molecule has 0 bridgehead atoms. The summed E-state index contributed by atoms with van der Waals surface area (Å²) in [5, 5.41) is 8.26. The van der Waals surface area contributed by atoms with Crippen molar-refractivity contribution in [2.75, 3.05) is 33.2 Å². The minimum atomic E-state index is 1.01. The number of hydrogen-bond acceptors (Lipinski definition) is 3. The van der Waals surface area contributed by atoms with Crippen molar-refractivity contribution >= 4 is 10.9 Å². The number of aromatic amines is 1. The van der Waals surface area contributed by atoms with Crippen LogP contribution in [0.3, 0.4) is 0 Å². The maximum absolute atomic E-state index is 4.06. The average molecular weight is 258 g/mol. The van der Waals surface area contributed by atoms with Gasteiger partial charge in [0.2, 0.25) is 0 Å². The number of nitrogens with one attached hydrogen (secondary N) is 1. The fraction of sp³-hybridized carbons (Fsp3) is 0.533. The molecule has 1 aliphatic rings. The summed E-state index contributed by atoms with van der Waals surface area (Å²) in [7, 11) is 2.20. The van der Waals surface area contributed by atoms with Gasteiger partial charge in [-0.05, 0) is 50.7 Å². The van der Waals surface area contributed by atoms with Crippen LogP contribution in [0.2, 0.25) is 0 Å². The maximum Gasteiger partial charge on any atom is 0.0650 e. The second kappa shape index (κ2) is 5.72. The minimum absolute atomic E-state index is 1.01. The summed E-state index contributed by atoms with van der Waals surface area (Å²) >= 11 is 0. The zero-order valence-electron chi connectivity index (χ0n) is 11.6. The third-order valence-electron chi connectivity index (χ3n) is 3.95. The van der Waals surface area contributed by atoms with Crippen molar-refractivity contribution in [2.24, 2.45) is 0 Å². The molecule has 0 amide bonds. The van der Waals surface area contributed by atoms with Gasteiger partial charge in [0.15, 0.2) is 0 Å². The SMILES string of the molecule is CN(CCN1CCCC1)Cc1ccc2[nH]ncc2c1. The van der Waals surface area contributed by atoms with Crippen molar-refractivity contribution in [3.8, 4) is 0 Å². The molecule has 0 unspecified atom stereocenters. The maximum atomic E-state index is 4.06. The van der Waals surface area contributed by atoms with Gasteiger partial charge in [-0.25, -0.2) is 0 Å². The number of likely N-dealkylation sites (N-methyl/N-ethyl adjacent to an activating group) is 1. The van der Waals surface area contributed by atoms with E-state index in [2.05, 4.69) is 45.2 Å². The molecule has 0 aliphatic carbocycles. The Labute approximate surface area is 114 Å². The van der Waals surface area contributed by atoms with Crippen LogP contribution in [0, 0.1) is 0 Å². The van der Waals surface area contributed by atoms with E-state index < -0.39 is 0 Å². The first-order valence-electron chi connectivity index (χ1n) is 7.14. The number of aromatic nitrogens is 2. The molecule has 1 aliphatic heterocycles. The Bertz CT molecular complexity index is 528. The van der Waals surface area contributed by atoms with Gasteiger partial charge in [-0.15, -0.1) is 0 Å². The van der Waals surface area contributed by atoms with E-state index in [1.807, 2.05) is 6.20 Å². The second-order valence-corrected chi connectivity index (χ2v) is 5.58. The van der Waals surface area contributed by atoms with Crippen molar-refractivity contribution in [3.63, 3.8) is 0 Å². The molecule has 0 radical (unpaired) electrons. The fourth-order valence-corrected chi connectivity index (χ4v) is 2.80. The number of likely N-dealkylation sites (tertiary alicyclic amines) is 1. The molecule has 1 saturated heterocycles. The summed E-state index contributed by atoms with van der Waals surface area (Å²) in [6.45, 7) is 5.92. The average Bonchev–Trinajstić information content (AvgIpc) is 3.07. The molecular weight excluding hydrogens is 236 g/mol. The third kappa shape index (κ3) is 3.14. The van der Waals surface area contributed by atoms with Gasteiger partial charge >= 0.3 is 0 Å². The highest BCUT2D eigenvalue weighted by Gasteiger charge is 2.11. The Morgan fingerprint density at radius 1 is 1.32 bits per heavy atom. The molecule has 1 N–H and O–H groups in total. The summed E-state index contributed by atoms with van der Waals surface area (Å²) in [6.07, 6.45) is 4.64. The number of rotatable bonds is 5. The van der Waals surface area contributed by atoms with Gasteiger partial charge in [-0.1, -0.05) is 6.07 Å². The molecule has 1 fully saturated rings. The van der Waals surface area contributed by atoms with Gasteiger partial charge in [0, 0.05) is 25.0 Å². The Balaban J connectivity index is 1.54. The lowest BCUT2D eigenvalue weighted by molar-refractivity contribution is 0.252. The largest absolute Gasteiger partial charge is 0.302 e. The van der Waals surface area contributed by atoms with Gasteiger partial charge in [0.1, 0.15) is 0 Å². The fourth-order valence-electron chi connectivity index (χ4n) is 2.80. The lowest BCUT2D eigenvalue weighted by atomic mass is 10.1. The van der Waals surface area contributed by atoms with Crippen LogP contribution in [0.25, 0.3) is 10.9 Å². The topological polar surface area (TPSA) is 35.2 Å². The highest BCUT2D eigenvalue weighted by molar-refractivity contribution is 5.78. The summed E-state index contributed by atoms with van der Waals surface area (Å²) in [5.74, 6) is 0. The number of fused-ring (bicyclic) bond motifs is 1. The molecule has 3 rings (SSSR count). The first-order valence-corrected chi connectivity index (χ1v) is 7.14. The van der Waals surface area contributed by atoms with Crippen molar-refractivity contribution in [3.05, 3.63) is 30.0 Å². The van der Waals surface area contributed by atoms with Crippen LogP contribution in [0.5, 0.6) is 0 Å². The van der Waals surface area contributed by atoms with Crippen LogP contribution in [-0.2, 0) is 6.54 Å². The molecule has 1 aromatic carbocycles. The summed E-state index contributed by atoms with van der Waals surface area (Å²) < 4.78 is 0.